The summed E-state index contributed by atoms with van der Waals surface area (Å²) in [7, 11) is 0. The highest BCUT2D eigenvalue weighted by Crippen LogP contribution is 2.27. The number of nitrogens with one attached hydrogen (secondary N) is 2. The van der Waals surface area contributed by atoms with Crippen LogP contribution in [0, 0.1) is 0 Å². The van der Waals surface area contributed by atoms with Crippen molar-refractivity contribution < 1.29 is 14.7 Å². The average Bonchev–Trinajstić information content (AvgIpc) is 3.23. The second-order valence-electron chi connectivity index (χ2n) is 6.25. The normalized spacial score (nSPS) is 10.4. The molecule has 0 aliphatic rings. The third kappa shape index (κ3) is 4.18. The predicted molar refractivity (Wildman–Crippen MR) is 116 cm³/mol. The van der Waals surface area contributed by atoms with E-state index in [1.165, 1.54) is 23.5 Å². The van der Waals surface area contributed by atoms with Gasteiger partial charge >= 0.3 is 0 Å². The van der Waals surface area contributed by atoms with Gasteiger partial charge in [0.15, 0.2) is 0 Å². The summed E-state index contributed by atoms with van der Waals surface area (Å²) in [5, 5.41) is 24.4. The second-order valence-corrected chi connectivity index (χ2v) is 7.23. The van der Waals surface area contributed by atoms with Gasteiger partial charge in [-0.25, -0.2) is 0 Å². The lowest BCUT2D eigenvalue weighted by atomic mass is 10.1. The molecule has 0 aliphatic carbocycles. The van der Waals surface area contributed by atoms with Gasteiger partial charge in [0.25, 0.3) is 11.8 Å². The highest BCUT2D eigenvalue weighted by atomic mass is 32.1. The lowest BCUT2D eigenvalue weighted by Gasteiger charge is -2.11. The summed E-state index contributed by atoms with van der Waals surface area (Å²) < 4.78 is 0. The highest BCUT2D eigenvalue weighted by Gasteiger charge is 2.17. The van der Waals surface area contributed by atoms with Crippen LogP contribution in [0.15, 0.2) is 78.9 Å². The quantitative estimate of drug-likeness (QED) is 0.447. The molecule has 148 valence electrons. The fourth-order valence-corrected chi connectivity index (χ4v) is 3.53. The molecule has 0 saturated carbocycles. The monoisotopic (exact) mass is 416 g/mol. The number of aromatic nitrogens is 2. The Labute approximate surface area is 176 Å². The summed E-state index contributed by atoms with van der Waals surface area (Å²) in [6, 6.07) is 22.3. The zero-order valence-corrected chi connectivity index (χ0v) is 16.4. The first-order valence-electron chi connectivity index (χ1n) is 9.00. The Morgan fingerprint density at radius 2 is 1.37 bits per heavy atom. The van der Waals surface area contributed by atoms with Gasteiger partial charge in [-0.15, -0.1) is 10.2 Å². The molecule has 0 atom stereocenters. The highest BCUT2D eigenvalue weighted by molar-refractivity contribution is 7.18. The molecule has 30 heavy (non-hydrogen) atoms. The lowest BCUT2D eigenvalue weighted by molar-refractivity contribution is 0.102. The number of nitrogens with zero attached hydrogens (tertiary/aromatic N) is 2. The number of rotatable bonds is 5. The van der Waals surface area contributed by atoms with Crippen LogP contribution in [0.2, 0.25) is 0 Å². The summed E-state index contributed by atoms with van der Waals surface area (Å²) >= 11 is 1.25. The van der Waals surface area contributed by atoms with Crippen LogP contribution in [-0.4, -0.2) is 27.1 Å². The van der Waals surface area contributed by atoms with Crippen molar-refractivity contribution in [1.29, 1.82) is 0 Å². The fraction of sp³-hybridized carbons (Fsp3) is 0. The SMILES string of the molecule is O=C(Nc1ccccc1C(=O)Nc1nnc(-c2ccccc2)s1)c1ccccc1O. The van der Waals surface area contributed by atoms with Crippen molar-refractivity contribution in [1.82, 2.24) is 10.2 Å². The molecule has 0 saturated heterocycles. The van der Waals surface area contributed by atoms with Crippen molar-refractivity contribution in [2.75, 3.05) is 10.6 Å². The maximum Gasteiger partial charge on any atom is 0.259 e. The van der Waals surface area contributed by atoms with Gasteiger partial charge in [0.1, 0.15) is 10.8 Å². The third-order valence-electron chi connectivity index (χ3n) is 4.23. The van der Waals surface area contributed by atoms with Crippen LogP contribution in [-0.2, 0) is 0 Å². The molecule has 1 aromatic heterocycles. The number of anilines is 2. The Hall–Kier alpha value is -4.04. The minimum absolute atomic E-state index is 0.115. The summed E-state index contributed by atoms with van der Waals surface area (Å²) in [6.07, 6.45) is 0. The molecule has 0 aliphatic heterocycles. The van der Waals surface area contributed by atoms with E-state index in [9.17, 15) is 14.7 Å². The molecule has 2 amide bonds. The maximum atomic E-state index is 12.8. The number of hydrogen-bond acceptors (Lipinski definition) is 6. The Bertz CT molecular complexity index is 1210. The largest absolute Gasteiger partial charge is 0.507 e. The number of phenolic OH excluding ortho intramolecular Hbond substituents is 1. The van der Waals surface area contributed by atoms with Gasteiger partial charge in [-0.1, -0.05) is 65.9 Å². The zero-order valence-electron chi connectivity index (χ0n) is 15.6. The van der Waals surface area contributed by atoms with E-state index in [1.54, 1.807) is 36.4 Å². The molecule has 0 spiro atoms. The van der Waals surface area contributed by atoms with E-state index in [1.807, 2.05) is 30.3 Å². The number of hydrogen-bond donors (Lipinski definition) is 3. The van der Waals surface area contributed by atoms with Crippen molar-refractivity contribution in [3.8, 4) is 16.3 Å². The van der Waals surface area contributed by atoms with Crippen LogP contribution >= 0.6 is 11.3 Å². The van der Waals surface area contributed by atoms with Crippen LogP contribution < -0.4 is 10.6 Å². The smallest absolute Gasteiger partial charge is 0.259 e. The van der Waals surface area contributed by atoms with E-state index in [-0.39, 0.29) is 16.9 Å². The van der Waals surface area contributed by atoms with Crippen LogP contribution in [0.5, 0.6) is 5.75 Å². The number of amides is 2. The van der Waals surface area contributed by atoms with Crippen LogP contribution in [0.25, 0.3) is 10.6 Å². The Kier molecular flexibility index (Phi) is 5.49. The maximum absolute atomic E-state index is 12.8. The average molecular weight is 416 g/mol. The molecule has 0 radical (unpaired) electrons. The molecule has 0 unspecified atom stereocenters. The zero-order chi connectivity index (χ0) is 20.9. The van der Waals surface area contributed by atoms with Crippen molar-refractivity contribution in [2.24, 2.45) is 0 Å². The molecule has 0 fully saturated rings. The Balaban J connectivity index is 1.52. The molecule has 0 bridgehead atoms. The van der Waals surface area contributed by atoms with Crippen LogP contribution in [0.1, 0.15) is 20.7 Å². The first-order chi connectivity index (χ1) is 14.6. The number of phenols is 1. The standard InChI is InChI=1S/C22H16N4O3S/c27-18-13-7-5-11-16(18)20(29)23-17-12-6-4-10-15(17)19(28)24-22-26-25-21(30-22)14-8-2-1-3-9-14/h1-13,27H,(H,23,29)(H,24,26,28). The Morgan fingerprint density at radius 1 is 0.733 bits per heavy atom. The number of para-hydroxylation sites is 2. The topological polar surface area (TPSA) is 104 Å². The van der Waals surface area contributed by atoms with Crippen LogP contribution in [0.4, 0.5) is 10.8 Å². The van der Waals surface area contributed by atoms with E-state index in [2.05, 4.69) is 20.8 Å². The number of carbonyl (C=O) groups excluding carboxylic acids is 2. The van der Waals surface area contributed by atoms with Crippen molar-refractivity contribution in [3.05, 3.63) is 90.0 Å². The number of benzene rings is 3. The van der Waals surface area contributed by atoms with E-state index in [4.69, 9.17) is 0 Å². The first-order valence-corrected chi connectivity index (χ1v) is 9.82. The molecule has 3 aromatic carbocycles. The summed E-state index contributed by atoms with van der Waals surface area (Å²) in [5.41, 5.74) is 1.60. The van der Waals surface area contributed by atoms with E-state index in [0.717, 1.165) is 5.56 Å². The third-order valence-corrected chi connectivity index (χ3v) is 5.12. The van der Waals surface area contributed by atoms with Crippen molar-refractivity contribution in [2.45, 2.75) is 0 Å². The fourth-order valence-electron chi connectivity index (χ4n) is 2.78. The van der Waals surface area contributed by atoms with Crippen molar-refractivity contribution >= 4 is 34.0 Å². The summed E-state index contributed by atoms with van der Waals surface area (Å²) in [4.78, 5) is 25.3. The molecular formula is C22H16N4O3S. The second kappa shape index (κ2) is 8.54. The van der Waals surface area contributed by atoms with Gasteiger partial charge in [-0.3, -0.25) is 14.9 Å². The van der Waals surface area contributed by atoms with Crippen LogP contribution in [0.3, 0.4) is 0 Å². The number of aromatic hydroxyl groups is 1. The molecule has 7 nitrogen and oxygen atoms in total. The minimum Gasteiger partial charge on any atom is -0.507 e. The van der Waals surface area contributed by atoms with Crippen molar-refractivity contribution in [3.63, 3.8) is 0 Å². The van der Waals surface area contributed by atoms with E-state index >= 15 is 0 Å². The Morgan fingerprint density at radius 3 is 2.13 bits per heavy atom. The van der Waals surface area contributed by atoms with Gasteiger partial charge in [-0.05, 0) is 24.3 Å². The lowest BCUT2D eigenvalue weighted by Crippen LogP contribution is -2.18. The van der Waals surface area contributed by atoms with Gasteiger partial charge in [-0.2, -0.15) is 0 Å². The van der Waals surface area contributed by atoms with Gasteiger partial charge in [0, 0.05) is 5.56 Å². The molecular weight excluding hydrogens is 400 g/mol. The van der Waals surface area contributed by atoms with E-state index < -0.39 is 11.8 Å². The summed E-state index contributed by atoms with van der Waals surface area (Å²) in [5.74, 6) is -1.09. The van der Waals surface area contributed by atoms with Gasteiger partial charge in [0.2, 0.25) is 5.13 Å². The van der Waals surface area contributed by atoms with Gasteiger partial charge < -0.3 is 10.4 Å². The molecule has 1 heterocycles. The molecule has 4 aromatic rings. The molecule has 8 heteroatoms. The molecule has 3 N–H and O–H groups in total. The molecule has 4 rings (SSSR count). The summed E-state index contributed by atoms with van der Waals surface area (Å²) in [6.45, 7) is 0. The van der Waals surface area contributed by atoms with Gasteiger partial charge in [0.05, 0.1) is 16.8 Å². The minimum atomic E-state index is -0.518. The first kappa shape index (κ1) is 19.3. The van der Waals surface area contributed by atoms with E-state index in [0.29, 0.717) is 15.8 Å². The predicted octanol–water partition coefficient (Wildman–Crippen LogP) is 4.42. The number of carbonyl (C=O) groups is 2.